The summed E-state index contributed by atoms with van der Waals surface area (Å²) in [6.07, 6.45) is 1.25. The van der Waals surface area contributed by atoms with E-state index < -0.39 is 5.97 Å². The Morgan fingerprint density at radius 1 is 1.18 bits per heavy atom. The van der Waals surface area contributed by atoms with Crippen molar-refractivity contribution < 1.29 is 19.1 Å². The molecule has 0 saturated carbocycles. The van der Waals surface area contributed by atoms with Crippen molar-refractivity contribution >= 4 is 23.5 Å². The normalized spacial score (nSPS) is 15.9. The second-order valence-corrected chi connectivity index (χ2v) is 9.45. The van der Waals surface area contributed by atoms with Gasteiger partial charge < -0.3 is 24.8 Å². The molecule has 0 spiro atoms. The smallest absolute Gasteiger partial charge is 0.340 e. The molecule has 0 bridgehead atoms. The molecule has 1 aromatic carbocycles. The van der Waals surface area contributed by atoms with Crippen LogP contribution in [0.5, 0.6) is 0 Å². The Kier molecular flexibility index (Phi) is 8.02. The summed E-state index contributed by atoms with van der Waals surface area (Å²) in [5.74, 6) is -0.939. The van der Waals surface area contributed by atoms with Crippen molar-refractivity contribution in [2.75, 3.05) is 32.1 Å². The standard InChI is InChI=1S/C26H36N4O4/c1-16(2)34-26(33)22-17(3)23(28-18(22)4)25(32)30-13-7-8-20(15-30)24(31)27-14-19-9-11-21(12-10-19)29(5)6/h9-12,16,20,28H,7-8,13-15H2,1-6H3,(H,27,31). The molecule has 34 heavy (non-hydrogen) atoms. The molecule has 2 aromatic rings. The van der Waals surface area contributed by atoms with Crippen molar-refractivity contribution in [1.82, 2.24) is 15.2 Å². The lowest BCUT2D eigenvalue weighted by Crippen LogP contribution is -2.45. The molecule has 1 aromatic heterocycles. The van der Waals surface area contributed by atoms with Gasteiger partial charge in [0.1, 0.15) is 5.69 Å². The van der Waals surface area contributed by atoms with E-state index in [0.29, 0.717) is 42.1 Å². The van der Waals surface area contributed by atoms with Crippen LogP contribution in [-0.4, -0.2) is 61.0 Å². The van der Waals surface area contributed by atoms with E-state index in [1.807, 2.05) is 43.3 Å². The van der Waals surface area contributed by atoms with Crippen LogP contribution in [-0.2, 0) is 16.1 Å². The lowest BCUT2D eigenvalue weighted by molar-refractivity contribution is -0.126. The van der Waals surface area contributed by atoms with Crippen LogP contribution in [0.25, 0.3) is 0 Å². The fourth-order valence-electron chi connectivity index (χ4n) is 4.32. The molecule has 0 aliphatic carbocycles. The predicted octanol–water partition coefficient (Wildman–Crippen LogP) is 3.43. The number of esters is 1. The largest absolute Gasteiger partial charge is 0.459 e. The predicted molar refractivity (Wildman–Crippen MR) is 132 cm³/mol. The van der Waals surface area contributed by atoms with Gasteiger partial charge in [-0.1, -0.05) is 12.1 Å². The maximum absolute atomic E-state index is 13.3. The van der Waals surface area contributed by atoms with E-state index in [1.54, 1.807) is 32.6 Å². The second kappa shape index (κ2) is 10.8. The van der Waals surface area contributed by atoms with Crippen LogP contribution in [0.15, 0.2) is 24.3 Å². The van der Waals surface area contributed by atoms with E-state index in [2.05, 4.69) is 10.3 Å². The lowest BCUT2D eigenvalue weighted by Gasteiger charge is -2.32. The molecule has 2 N–H and O–H groups in total. The van der Waals surface area contributed by atoms with Crippen molar-refractivity contribution in [3.8, 4) is 0 Å². The number of nitrogens with zero attached hydrogens (tertiary/aromatic N) is 2. The number of piperidine rings is 1. The first-order valence-corrected chi connectivity index (χ1v) is 11.8. The first-order chi connectivity index (χ1) is 16.1. The molecule has 1 aliphatic heterocycles. The fraction of sp³-hybridized carbons (Fsp3) is 0.500. The summed E-state index contributed by atoms with van der Waals surface area (Å²) in [7, 11) is 3.97. The van der Waals surface area contributed by atoms with Gasteiger partial charge in [0.25, 0.3) is 5.91 Å². The van der Waals surface area contributed by atoms with Gasteiger partial charge in [-0.25, -0.2) is 4.79 Å². The van der Waals surface area contributed by atoms with E-state index in [0.717, 1.165) is 24.1 Å². The zero-order chi connectivity index (χ0) is 25.0. The highest BCUT2D eigenvalue weighted by atomic mass is 16.5. The van der Waals surface area contributed by atoms with E-state index in [-0.39, 0.29) is 23.8 Å². The summed E-state index contributed by atoms with van der Waals surface area (Å²) < 4.78 is 5.33. The molecule has 1 saturated heterocycles. The minimum Gasteiger partial charge on any atom is -0.459 e. The number of anilines is 1. The van der Waals surface area contributed by atoms with Gasteiger partial charge in [-0.2, -0.15) is 0 Å². The Balaban J connectivity index is 1.63. The number of aryl methyl sites for hydroxylation is 1. The molecule has 184 valence electrons. The highest BCUT2D eigenvalue weighted by Gasteiger charge is 2.32. The number of carbonyl (C=O) groups is 3. The fourth-order valence-corrected chi connectivity index (χ4v) is 4.32. The number of amides is 2. The molecule has 1 fully saturated rings. The van der Waals surface area contributed by atoms with Gasteiger partial charge in [-0.15, -0.1) is 0 Å². The molecule has 8 nitrogen and oxygen atoms in total. The average Bonchev–Trinajstić information content (AvgIpc) is 3.10. The number of nitrogens with one attached hydrogen (secondary N) is 2. The quantitative estimate of drug-likeness (QED) is 0.607. The topological polar surface area (TPSA) is 94.7 Å². The summed E-state index contributed by atoms with van der Waals surface area (Å²) in [5.41, 5.74) is 4.12. The first kappa shape index (κ1) is 25.3. The number of carbonyl (C=O) groups excluding carboxylic acids is 3. The minimum absolute atomic E-state index is 0.0465. The van der Waals surface area contributed by atoms with Gasteiger partial charge in [0.15, 0.2) is 0 Å². The third-order valence-corrected chi connectivity index (χ3v) is 6.20. The number of ether oxygens (including phenoxy) is 1. The third kappa shape index (κ3) is 5.79. The van der Waals surface area contributed by atoms with Gasteiger partial charge in [-0.05, 0) is 63.8 Å². The molecule has 1 atom stereocenters. The Morgan fingerprint density at radius 3 is 2.47 bits per heavy atom. The van der Waals surface area contributed by atoms with Crippen LogP contribution < -0.4 is 10.2 Å². The second-order valence-electron chi connectivity index (χ2n) is 9.45. The Hall–Kier alpha value is -3.29. The van der Waals surface area contributed by atoms with Crippen LogP contribution in [0.4, 0.5) is 5.69 Å². The minimum atomic E-state index is -0.435. The van der Waals surface area contributed by atoms with Gasteiger partial charge >= 0.3 is 5.97 Å². The lowest BCUT2D eigenvalue weighted by atomic mass is 9.96. The van der Waals surface area contributed by atoms with Crippen LogP contribution in [0, 0.1) is 19.8 Å². The highest BCUT2D eigenvalue weighted by molar-refractivity contribution is 6.00. The number of rotatable bonds is 7. The number of aromatic amines is 1. The average molecular weight is 469 g/mol. The SMILES string of the molecule is Cc1[nH]c(C(=O)N2CCCC(C(=O)NCc3ccc(N(C)C)cc3)C2)c(C)c1C(=O)OC(C)C. The number of aromatic nitrogens is 1. The van der Waals surface area contributed by atoms with Crippen LogP contribution in [0.3, 0.4) is 0 Å². The molecule has 1 unspecified atom stereocenters. The molecule has 2 amide bonds. The molecular weight excluding hydrogens is 432 g/mol. The molecule has 8 heteroatoms. The van der Waals surface area contributed by atoms with E-state index in [9.17, 15) is 14.4 Å². The molecule has 3 rings (SSSR count). The number of hydrogen-bond acceptors (Lipinski definition) is 5. The van der Waals surface area contributed by atoms with E-state index >= 15 is 0 Å². The summed E-state index contributed by atoms with van der Waals surface area (Å²) >= 11 is 0. The van der Waals surface area contributed by atoms with Crippen molar-refractivity contribution in [3.05, 3.63) is 52.3 Å². The van der Waals surface area contributed by atoms with Crippen molar-refractivity contribution in [2.45, 2.75) is 53.2 Å². The van der Waals surface area contributed by atoms with E-state index in [1.165, 1.54) is 0 Å². The Bertz CT molecular complexity index is 1040. The summed E-state index contributed by atoms with van der Waals surface area (Å²) in [6.45, 7) is 8.48. The zero-order valence-electron chi connectivity index (χ0n) is 21.0. The Morgan fingerprint density at radius 2 is 1.85 bits per heavy atom. The molecule has 0 radical (unpaired) electrons. The molecule has 1 aliphatic rings. The molecular formula is C26H36N4O4. The van der Waals surface area contributed by atoms with Gasteiger partial charge in [0.2, 0.25) is 5.91 Å². The number of hydrogen-bond donors (Lipinski definition) is 2. The summed E-state index contributed by atoms with van der Waals surface area (Å²) in [6, 6.07) is 8.05. The van der Waals surface area contributed by atoms with Gasteiger partial charge in [-0.3, -0.25) is 9.59 Å². The Labute approximate surface area is 201 Å². The number of benzene rings is 1. The number of H-pyrrole nitrogens is 1. The van der Waals surface area contributed by atoms with Crippen LogP contribution >= 0.6 is 0 Å². The molecule has 2 heterocycles. The van der Waals surface area contributed by atoms with Gasteiger partial charge in [0, 0.05) is 45.1 Å². The summed E-state index contributed by atoms with van der Waals surface area (Å²) in [5, 5.41) is 3.01. The first-order valence-electron chi connectivity index (χ1n) is 11.8. The van der Waals surface area contributed by atoms with Crippen molar-refractivity contribution in [2.24, 2.45) is 5.92 Å². The van der Waals surface area contributed by atoms with Crippen LogP contribution in [0.2, 0.25) is 0 Å². The van der Waals surface area contributed by atoms with Crippen molar-refractivity contribution in [3.63, 3.8) is 0 Å². The van der Waals surface area contributed by atoms with Crippen molar-refractivity contribution in [1.29, 1.82) is 0 Å². The van der Waals surface area contributed by atoms with Crippen LogP contribution in [0.1, 0.15) is 64.4 Å². The third-order valence-electron chi connectivity index (χ3n) is 6.20. The highest BCUT2D eigenvalue weighted by Crippen LogP contribution is 2.24. The maximum atomic E-state index is 13.3. The van der Waals surface area contributed by atoms with E-state index in [4.69, 9.17) is 4.74 Å². The zero-order valence-corrected chi connectivity index (χ0v) is 21.0. The monoisotopic (exact) mass is 468 g/mol. The summed E-state index contributed by atoms with van der Waals surface area (Å²) in [4.78, 5) is 45.4. The van der Waals surface area contributed by atoms with Gasteiger partial charge in [0.05, 0.1) is 17.6 Å². The number of likely N-dealkylation sites (tertiary alicyclic amines) is 1. The maximum Gasteiger partial charge on any atom is 0.340 e.